The van der Waals surface area contributed by atoms with E-state index in [9.17, 15) is 4.79 Å². The van der Waals surface area contributed by atoms with Crippen LogP contribution >= 0.6 is 0 Å². The smallest absolute Gasteiger partial charge is 0.337 e. The summed E-state index contributed by atoms with van der Waals surface area (Å²) in [5.74, 6) is 0.351. The standard InChI is InChI=1S/C29H28O2/c1-19(2)16-21-8-10-22(11-9-21)27-7-5-6-23-18-24(12-15-28(23)27)26-14-13-25(17-20(26)3)29(30)31-4/h5-15,17-19H,16H2,1-4H3. The topological polar surface area (TPSA) is 26.3 Å². The third-order valence-electron chi connectivity index (χ3n) is 5.75. The van der Waals surface area contributed by atoms with E-state index in [2.05, 4.69) is 74.5 Å². The van der Waals surface area contributed by atoms with Crippen LogP contribution in [-0.2, 0) is 11.2 Å². The number of fused-ring (bicyclic) bond motifs is 1. The Kier molecular flexibility index (Phi) is 5.90. The first-order chi connectivity index (χ1) is 15.0. The summed E-state index contributed by atoms with van der Waals surface area (Å²) in [5.41, 5.74) is 7.77. The third kappa shape index (κ3) is 4.39. The predicted molar refractivity (Wildman–Crippen MR) is 129 cm³/mol. The Balaban J connectivity index is 1.71. The number of ether oxygens (including phenoxy) is 1. The van der Waals surface area contributed by atoms with Crippen LogP contribution in [0.5, 0.6) is 0 Å². The molecule has 0 fully saturated rings. The number of carbonyl (C=O) groups excluding carboxylic acids is 1. The fourth-order valence-corrected chi connectivity index (χ4v) is 4.23. The Morgan fingerprint density at radius 2 is 1.58 bits per heavy atom. The normalized spacial score (nSPS) is 11.1. The molecule has 0 aliphatic rings. The molecule has 2 nitrogen and oxygen atoms in total. The molecule has 0 spiro atoms. The molecule has 0 radical (unpaired) electrons. The second-order valence-corrected chi connectivity index (χ2v) is 8.56. The van der Waals surface area contributed by atoms with Crippen LogP contribution < -0.4 is 0 Å². The van der Waals surface area contributed by atoms with Crippen LogP contribution in [0.4, 0.5) is 0 Å². The van der Waals surface area contributed by atoms with Gasteiger partial charge in [0.15, 0.2) is 0 Å². The van der Waals surface area contributed by atoms with Gasteiger partial charge < -0.3 is 4.74 Å². The van der Waals surface area contributed by atoms with Crippen molar-refractivity contribution < 1.29 is 9.53 Å². The Morgan fingerprint density at radius 3 is 2.26 bits per heavy atom. The van der Waals surface area contributed by atoms with Gasteiger partial charge in [0, 0.05) is 0 Å². The zero-order chi connectivity index (χ0) is 22.0. The van der Waals surface area contributed by atoms with E-state index in [4.69, 9.17) is 4.74 Å². The highest BCUT2D eigenvalue weighted by atomic mass is 16.5. The zero-order valence-electron chi connectivity index (χ0n) is 18.6. The average molecular weight is 409 g/mol. The van der Waals surface area contributed by atoms with E-state index in [0.717, 1.165) is 23.1 Å². The van der Waals surface area contributed by atoms with Gasteiger partial charge in [-0.1, -0.05) is 74.5 Å². The van der Waals surface area contributed by atoms with Gasteiger partial charge in [-0.2, -0.15) is 0 Å². The van der Waals surface area contributed by atoms with Crippen LogP contribution in [0.2, 0.25) is 0 Å². The molecule has 0 bridgehead atoms. The number of rotatable bonds is 5. The van der Waals surface area contributed by atoms with Crippen LogP contribution in [0.15, 0.2) is 78.9 Å². The third-order valence-corrected chi connectivity index (χ3v) is 5.75. The van der Waals surface area contributed by atoms with E-state index in [1.165, 1.54) is 34.6 Å². The van der Waals surface area contributed by atoms with E-state index in [1.807, 2.05) is 25.1 Å². The van der Waals surface area contributed by atoms with Crippen LogP contribution in [0.25, 0.3) is 33.0 Å². The summed E-state index contributed by atoms with van der Waals surface area (Å²) in [6.07, 6.45) is 1.10. The molecule has 0 aliphatic heterocycles. The van der Waals surface area contributed by atoms with Crippen LogP contribution in [0.3, 0.4) is 0 Å². The average Bonchev–Trinajstić information content (AvgIpc) is 2.78. The van der Waals surface area contributed by atoms with Crippen molar-refractivity contribution in [1.29, 1.82) is 0 Å². The van der Waals surface area contributed by atoms with Crippen LogP contribution in [0, 0.1) is 12.8 Å². The number of aryl methyl sites for hydroxylation is 1. The van der Waals surface area contributed by atoms with Gasteiger partial charge in [0.25, 0.3) is 0 Å². The van der Waals surface area contributed by atoms with Gasteiger partial charge in [0.2, 0.25) is 0 Å². The molecule has 0 aliphatic carbocycles. The van der Waals surface area contributed by atoms with Crippen molar-refractivity contribution in [2.24, 2.45) is 5.92 Å². The predicted octanol–water partition coefficient (Wildman–Crippen LogP) is 7.47. The summed E-state index contributed by atoms with van der Waals surface area (Å²) in [6, 6.07) is 27.7. The monoisotopic (exact) mass is 408 g/mol. The Hall–Kier alpha value is -3.39. The van der Waals surface area contributed by atoms with Gasteiger partial charge in [-0.05, 0) is 81.6 Å². The van der Waals surface area contributed by atoms with Gasteiger partial charge in [-0.25, -0.2) is 4.79 Å². The minimum absolute atomic E-state index is 0.308. The molecule has 0 saturated carbocycles. The molecule has 4 aromatic carbocycles. The zero-order valence-corrected chi connectivity index (χ0v) is 18.6. The van der Waals surface area contributed by atoms with Crippen molar-refractivity contribution in [2.75, 3.05) is 7.11 Å². The van der Waals surface area contributed by atoms with Crippen molar-refractivity contribution in [3.8, 4) is 22.3 Å². The summed E-state index contributed by atoms with van der Waals surface area (Å²) < 4.78 is 4.84. The van der Waals surface area contributed by atoms with Gasteiger partial charge in [-0.15, -0.1) is 0 Å². The van der Waals surface area contributed by atoms with Crippen molar-refractivity contribution >= 4 is 16.7 Å². The minimum atomic E-state index is -0.308. The van der Waals surface area contributed by atoms with E-state index in [0.29, 0.717) is 11.5 Å². The van der Waals surface area contributed by atoms with Crippen molar-refractivity contribution in [2.45, 2.75) is 27.2 Å². The van der Waals surface area contributed by atoms with Gasteiger partial charge in [0.1, 0.15) is 0 Å². The summed E-state index contributed by atoms with van der Waals surface area (Å²) in [6.45, 7) is 6.53. The van der Waals surface area contributed by atoms with Crippen molar-refractivity contribution in [3.63, 3.8) is 0 Å². The lowest BCUT2D eigenvalue weighted by molar-refractivity contribution is 0.0600. The largest absolute Gasteiger partial charge is 0.465 e. The minimum Gasteiger partial charge on any atom is -0.465 e. The lowest BCUT2D eigenvalue weighted by Crippen LogP contribution is -2.01. The van der Waals surface area contributed by atoms with Gasteiger partial charge >= 0.3 is 5.97 Å². The molecule has 4 aromatic rings. The van der Waals surface area contributed by atoms with E-state index in [1.54, 1.807) is 0 Å². The Bertz CT molecular complexity index is 1230. The molecule has 0 heterocycles. The summed E-state index contributed by atoms with van der Waals surface area (Å²) >= 11 is 0. The number of benzene rings is 4. The molecular formula is C29H28O2. The molecule has 0 atom stereocenters. The molecule has 156 valence electrons. The first kappa shape index (κ1) is 20.9. The van der Waals surface area contributed by atoms with Gasteiger partial charge in [0.05, 0.1) is 12.7 Å². The molecule has 0 aromatic heterocycles. The van der Waals surface area contributed by atoms with Crippen LogP contribution in [0.1, 0.15) is 35.3 Å². The second-order valence-electron chi connectivity index (χ2n) is 8.56. The number of esters is 1. The number of hydrogen-bond acceptors (Lipinski definition) is 2. The lowest BCUT2D eigenvalue weighted by atomic mass is 9.92. The molecule has 0 unspecified atom stereocenters. The highest BCUT2D eigenvalue weighted by molar-refractivity contribution is 5.99. The molecule has 4 rings (SSSR count). The van der Waals surface area contributed by atoms with E-state index in [-0.39, 0.29) is 5.97 Å². The molecule has 31 heavy (non-hydrogen) atoms. The first-order valence-electron chi connectivity index (χ1n) is 10.8. The lowest BCUT2D eigenvalue weighted by Gasteiger charge is -2.12. The Morgan fingerprint density at radius 1 is 0.839 bits per heavy atom. The molecule has 0 N–H and O–H groups in total. The van der Waals surface area contributed by atoms with Crippen molar-refractivity contribution in [1.82, 2.24) is 0 Å². The highest BCUT2D eigenvalue weighted by Gasteiger charge is 2.11. The first-order valence-corrected chi connectivity index (χ1v) is 10.8. The fraction of sp³-hybridized carbons (Fsp3) is 0.207. The highest BCUT2D eigenvalue weighted by Crippen LogP contribution is 2.33. The quantitative estimate of drug-likeness (QED) is 0.320. The van der Waals surface area contributed by atoms with E-state index < -0.39 is 0 Å². The van der Waals surface area contributed by atoms with Crippen molar-refractivity contribution in [3.05, 3.63) is 95.6 Å². The number of hydrogen-bond donors (Lipinski definition) is 0. The van der Waals surface area contributed by atoms with Gasteiger partial charge in [-0.3, -0.25) is 0 Å². The fourth-order valence-electron chi connectivity index (χ4n) is 4.23. The second kappa shape index (κ2) is 8.77. The maximum absolute atomic E-state index is 11.8. The van der Waals surface area contributed by atoms with E-state index >= 15 is 0 Å². The maximum atomic E-state index is 11.8. The summed E-state index contributed by atoms with van der Waals surface area (Å²) in [5, 5.41) is 2.45. The summed E-state index contributed by atoms with van der Waals surface area (Å²) in [7, 11) is 1.41. The van der Waals surface area contributed by atoms with Crippen LogP contribution in [-0.4, -0.2) is 13.1 Å². The molecular weight excluding hydrogens is 380 g/mol. The molecule has 0 saturated heterocycles. The molecule has 2 heteroatoms. The summed E-state index contributed by atoms with van der Waals surface area (Å²) in [4.78, 5) is 11.8. The number of methoxy groups -OCH3 is 1. The SMILES string of the molecule is COC(=O)c1ccc(-c2ccc3c(-c4ccc(CC(C)C)cc4)cccc3c2)c(C)c1. The number of carbonyl (C=O) groups is 1. The maximum Gasteiger partial charge on any atom is 0.337 e. The molecule has 0 amide bonds. The Labute approximate surface area is 184 Å².